The third kappa shape index (κ3) is 3.83. The summed E-state index contributed by atoms with van der Waals surface area (Å²) in [5, 5.41) is 6.46. The molecule has 1 aliphatic heterocycles. The molecule has 1 amide bonds. The van der Waals surface area contributed by atoms with Crippen molar-refractivity contribution < 1.29 is 14.3 Å². The number of carbonyl (C=O) groups is 1. The van der Waals surface area contributed by atoms with Crippen molar-refractivity contribution in [2.75, 3.05) is 19.2 Å². The minimum atomic E-state index is -0.171. The minimum absolute atomic E-state index is 0.171. The van der Waals surface area contributed by atoms with E-state index >= 15 is 0 Å². The summed E-state index contributed by atoms with van der Waals surface area (Å²) in [6.07, 6.45) is 3.35. The first-order valence-corrected chi connectivity index (χ1v) is 9.07. The standard InChI is InChI=1S/C21H21ClN2O3/c1-4-8-18-16(21(25)24(23-18)15-9-6-5-7-10-15)11-14-12-19(26-2)20(27-3)13-17(14)22/h5-7,9-13H,4,8H2,1-3H3/b16-11+. The molecular formula is C21H21ClN2O3. The van der Waals surface area contributed by atoms with Gasteiger partial charge in [0.15, 0.2) is 11.5 Å². The van der Waals surface area contributed by atoms with Gasteiger partial charge >= 0.3 is 0 Å². The topological polar surface area (TPSA) is 51.1 Å². The van der Waals surface area contributed by atoms with Crippen molar-refractivity contribution in [3.8, 4) is 11.5 Å². The number of amides is 1. The average Bonchev–Trinajstić information content (AvgIpc) is 2.99. The molecule has 0 saturated carbocycles. The molecule has 3 rings (SSSR count). The van der Waals surface area contributed by atoms with Crippen molar-refractivity contribution in [1.29, 1.82) is 0 Å². The van der Waals surface area contributed by atoms with Gasteiger partial charge in [0.25, 0.3) is 5.91 Å². The molecule has 0 aliphatic carbocycles. The number of hydrazone groups is 1. The maximum atomic E-state index is 13.0. The number of hydrogen-bond acceptors (Lipinski definition) is 4. The number of rotatable bonds is 6. The fourth-order valence-corrected chi connectivity index (χ4v) is 3.11. The summed E-state index contributed by atoms with van der Waals surface area (Å²) in [4.78, 5) is 13.0. The highest BCUT2D eigenvalue weighted by molar-refractivity contribution is 6.35. The summed E-state index contributed by atoms with van der Waals surface area (Å²) in [5.74, 6) is 0.916. The Kier molecular flexibility index (Phi) is 5.81. The molecule has 140 valence electrons. The number of hydrogen-bond donors (Lipinski definition) is 0. The Labute approximate surface area is 163 Å². The second-order valence-corrected chi connectivity index (χ2v) is 6.44. The van der Waals surface area contributed by atoms with Gasteiger partial charge in [0, 0.05) is 6.07 Å². The molecule has 0 unspecified atom stereocenters. The first-order chi connectivity index (χ1) is 13.1. The molecule has 0 saturated heterocycles. The van der Waals surface area contributed by atoms with E-state index in [2.05, 4.69) is 12.0 Å². The highest BCUT2D eigenvalue weighted by atomic mass is 35.5. The average molecular weight is 385 g/mol. The van der Waals surface area contributed by atoms with Crippen LogP contribution in [0.3, 0.4) is 0 Å². The van der Waals surface area contributed by atoms with Crippen LogP contribution in [0, 0.1) is 0 Å². The van der Waals surface area contributed by atoms with Crippen LogP contribution in [0.2, 0.25) is 5.02 Å². The first-order valence-electron chi connectivity index (χ1n) is 8.69. The van der Waals surface area contributed by atoms with Crippen molar-refractivity contribution in [1.82, 2.24) is 0 Å². The largest absolute Gasteiger partial charge is 0.493 e. The lowest BCUT2D eigenvalue weighted by Gasteiger charge is -2.12. The SMILES string of the molecule is CCCC1=NN(c2ccccc2)C(=O)/C1=C/c1cc(OC)c(OC)cc1Cl. The van der Waals surface area contributed by atoms with Crippen LogP contribution in [0.1, 0.15) is 25.3 Å². The van der Waals surface area contributed by atoms with Crippen molar-refractivity contribution in [3.63, 3.8) is 0 Å². The molecule has 6 heteroatoms. The van der Waals surface area contributed by atoms with Gasteiger partial charge < -0.3 is 9.47 Å². The summed E-state index contributed by atoms with van der Waals surface area (Å²) < 4.78 is 10.6. The molecule has 0 atom stereocenters. The molecule has 27 heavy (non-hydrogen) atoms. The van der Waals surface area contributed by atoms with Gasteiger partial charge in [-0.25, -0.2) is 0 Å². The Balaban J connectivity index is 2.04. The van der Waals surface area contributed by atoms with Crippen molar-refractivity contribution >= 4 is 35.0 Å². The van der Waals surface area contributed by atoms with Crippen LogP contribution in [-0.2, 0) is 4.79 Å². The number of nitrogens with zero attached hydrogens (tertiary/aromatic N) is 2. The molecule has 0 N–H and O–H groups in total. The highest BCUT2D eigenvalue weighted by Gasteiger charge is 2.30. The zero-order valence-electron chi connectivity index (χ0n) is 15.5. The van der Waals surface area contributed by atoms with E-state index in [1.165, 1.54) is 5.01 Å². The van der Waals surface area contributed by atoms with E-state index in [4.69, 9.17) is 21.1 Å². The molecule has 2 aromatic rings. The van der Waals surface area contributed by atoms with Gasteiger partial charge in [0.1, 0.15) is 0 Å². The number of para-hydroxylation sites is 1. The van der Waals surface area contributed by atoms with E-state index in [1.54, 1.807) is 32.4 Å². The number of benzene rings is 2. The van der Waals surface area contributed by atoms with Gasteiger partial charge in [-0.3, -0.25) is 4.79 Å². The van der Waals surface area contributed by atoms with Gasteiger partial charge in [-0.05, 0) is 36.3 Å². The van der Waals surface area contributed by atoms with E-state index in [9.17, 15) is 4.79 Å². The Morgan fingerprint density at radius 3 is 2.41 bits per heavy atom. The monoisotopic (exact) mass is 384 g/mol. The van der Waals surface area contributed by atoms with Gasteiger partial charge in [-0.2, -0.15) is 10.1 Å². The van der Waals surface area contributed by atoms with Crippen LogP contribution in [0.25, 0.3) is 6.08 Å². The molecule has 1 aliphatic rings. The Hall–Kier alpha value is -2.79. The number of ether oxygens (including phenoxy) is 2. The minimum Gasteiger partial charge on any atom is -0.493 e. The first kappa shape index (κ1) is 19.0. The number of halogens is 1. The lowest BCUT2D eigenvalue weighted by atomic mass is 10.0. The molecule has 0 spiro atoms. The van der Waals surface area contributed by atoms with Gasteiger partial charge in [0.2, 0.25) is 0 Å². The molecular weight excluding hydrogens is 364 g/mol. The lowest BCUT2D eigenvalue weighted by Crippen LogP contribution is -2.21. The second-order valence-electron chi connectivity index (χ2n) is 6.04. The zero-order valence-corrected chi connectivity index (χ0v) is 16.3. The maximum absolute atomic E-state index is 13.0. The van der Waals surface area contributed by atoms with Crippen LogP contribution in [0.15, 0.2) is 53.1 Å². The zero-order chi connectivity index (χ0) is 19.4. The van der Waals surface area contributed by atoms with E-state index in [0.29, 0.717) is 34.1 Å². The molecule has 0 bridgehead atoms. The summed E-state index contributed by atoms with van der Waals surface area (Å²) in [7, 11) is 3.11. The van der Waals surface area contributed by atoms with Gasteiger partial charge in [-0.1, -0.05) is 43.1 Å². The summed E-state index contributed by atoms with van der Waals surface area (Å²) in [5.41, 5.74) is 2.70. The van der Waals surface area contributed by atoms with Crippen LogP contribution in [0.5, 0.6) is 11.5 Å². The predicted octanol–water partition coefficient (Wildman–Crippen LogP) is 4.94. The second kappa shape index (κ2) is 8.27. The van der Waals surface area contributed by atoms with E-state index in [-0.39, 0.29) is 5.91 Å². The predicted molar refractivity (Wildman–Crippen MR) is 109 cm³/mol. The lowest BCUT2D eigenvalue weighted by molar-refractivity contribution is -0.114. The third-order valence-electron chi connectivity index (χ3n) is 4.24. The van der Waals surface area contributed by atoms with Gasteiger partial charge in [0.05, 0.1) is 36.2 Å². The van der Waals surface area contributed by atoms with Crippen LogP contribution < -0.4 is 14.5 Å². The molecule has 0 radical (unpaired) electrons. The number of carbonyl (C=O) groups excluding carboxylic acids is 1. The molecule has 5 nitrogen and oxygen atoms in total. The fourth-order valence-electron chi connectivity index (χ4n) is 2.90. The maximum Gasteiger partial charge on any atom is 0.280 e. The number of anilines is 1. The Morgan fingerprint density at radius 1 is 1.11 bits per heavy atom. The highest BCUT2D eigenvalue weighted by Crippen LogP contribution is 2.35. The molecule has 0 aromatic heterocycles. The van der Waals surface area contributed by atoms with Crippen molar-refractivity contribution in [2.24, 2.45) is 5.10 Å². The summed E-state index contributed by atoms with van der Waals surface area (Å²) in [6.45, 7) is 2.05. The van der Waals surface area contributed by atoms with Crippen molar-refractivity contribution in [2.45, 2.75) is 19.8 Å². The summed E-state index contributed by atoms with van der Waals surface area (Å²) >= 11 is 6.40. The van der Waals surface area contributed by atoms with Crippen molar-refractivity contribution in [3.05, 3.63) is 58.6 Å². The van der Waals surface area contributed by atoms with E-state index in [1.807, 2.05) is 30.3 Å². The van der Waals surface area contributed by atoms with Gasteiger partial charge in [-0.15, -0.1) is 0 Å². The summed E-state index contributed by atoms with van der Waals surface area (Å²) in [6, 6.07) is 12.8. The van der Waals surface area contributed by atoms with Crippen LogP contribution >= 0.6 is 11.6 Å². The third-order valence-corrected chi connectivity index (χ3v) is 4.57. The Bertz CT molecular complexity index is 907. The fraction of sp³-hybridized carbons (Fsp3) is 0.238. The molecule has 1 heterocycles. The quantitative estimate of drug-likeness (QED) is 0.662. The van der Waals surface area contributed by atoms with Crippen LogP contribution in [-0.4, -0.2) is 25.8 Å². The molecule has 0 fully saturated rings. The van der Waals surface area contributed by atoms with E-state index in [0.717, 1.165) is 17.8 Å². The van der Waals surface area contributed by atoms with E-state index < -0.39 is 0 Å². The smallest absolute Gasteiger partial charge is 0.280 e. The number of methoxy groups -OCH3 is 2. The molecule has 2 aromatic carbocycles. The Morgan fingerprint density at radius 2 is 1.78 bits per heavy atom. The van der Waals surface area contributed by atoms with Crippen LogP contribution in [0.4, 0.5) is 5.69 Å². The normalized spacial score (nSPS) is 15.3.